The normalized spacial score (nSPS) is 11.1. The van der Waals surface area contributed by atoms with Crippen LogP contribution in [-0.4, -0.2) is 5.11 Å². The third-order valence-electron chi connectivity index (χ3n) is 5.15. The van der Waals surface area contributed by atoms with Gasteiger partial charge in [-0.05, 0) is 39.1 Å². The van der Waals surface area contributed by atoms with Crippen LogP contribution in [-0.2, 0) is 0 Å². The second-order valence-electron chi connectivity index (χ2n) is 6.76. The molecule has 0 bridgehead atoms. The quantitative estimate of drug-likeness (QED) is 0.340. The molecule has 0 heterocycles. The highest BCUT2D eigenvalue weighted by Crippen LogP contribution is 2.44. The number of phenols is 1. The van der Waals surface area contributed by atoms with Crippen LogP contribution < -0.4 is 0 Å². The molecule has 5 aromatic rings. The summed E-state index contributed by atoms with van der Waals surface area (Å²) in [4.78, 5) is 0. The van der Waals surface area contributed by atoms with Gasteiger partial charge in [-0.15, -0.1) is 0 Å². The van der Waals surface area contributed by atoms with E-state index in [1.807, 2.05) is 36.4 Å². The summed E-state index contributed by atoms with van der Waals surface area (Å²) in [5.74, 6) is 0.314. The van der Waals surface area contributed by atoms with Gasteiger partial charge in [0.05, 0.1) is 0 Å². The maximum atomic E-state index is 10.8. The fourth-order valence-electron chi connectivity index (χ4n) is 3.93. The second kappa shape index (κ2) is 6.30. The lowest BCUT2D eigenvalue weighted by Crippen LogP contribution is -1.90. The molecule has 0 aromatic heterocycles. The molecule has 1 nitrogen and oxygen atoms in total. The minimum atomic E-state index is 0.314. The summed E-state index contributed by atoms with van der Waals surface area (Å²) in [7, 11) is 0. The van der Waals surface area contributed by atoms with E-state index in [-0.39, 0.29) is 0 Å². The molecular weight excluding hydrogens is 328 g/mol. The van der Waals surface area contributed by atoms with E-state index in [0.29, 0.717) is 5.75 Å². The summed E-state index contributed by atoms with van der Waals surface area (Å²) >= 11 is 0. The minimum absolute atomic E-state index is 0.314. The average Bonchev–Trinajstić information content (AvgIpc) is 2.74. The summed E-state index contributed by atoms with van der Waals surface area (Å²) in [6, 6.07) is 35.1. The van der Waals surface area contributed by atoms with Crippen molar-refractivity contribution in [1.82, 2.24) is 0 Å². The van der Waals surface area contributed by atoms with E-state index in [1.165, 1.54) is 5.39 Å². The topological polar surface area (TPSA) is 20.2 Å². The minimum Gasteiger partial charge on any atom is -0.507 e. The van der Waals surface area contributed by atoms with Crippen LogP contribution in [0, 0.1) is 0 Å². The van der Waals surface area contributed by atoms with Gasteiger partial charge in [0.2, 0.25) is 0 Å². The summed E-state index contributed by atoms with van der Waals surface area (Å²) in [5.41, 5.74) is 4.45. The van der Waals surface area contributed by atoms with Gasteiger partial charge in [-0.3, -0.25) is 0 Å². The van der Waals surface area contributed by atoms with Crippen molar-refractivity contribution in [2.24, 2.45) is 0 Å². The van der Waals surface area contributed by atoms with Gasteiger partial charge < -0.3 is 5.11 Å². The van der Waals surface area contributed by atoms with Crippen molar-refractivity contribution in [1.29, 1.82) is 0 Å². The maximum absolute atomic E-state index is 10.8. The third kappa shape index (κ3) is 2.56. The van der Waals surface area contributed by atoms with Crippen molar-refractivity contribution in [3.05, 3.63) is 103 Å². The molecule has 5 rings (SSSR count). The average molecular weight is 346 g/mol. The number of hydrogen-bond acceptors (Lipinski definition) is 1. The van der Waals surface area contributed by atoms with Gasteiger partial charge in [-0.1, -0.05) is 97.1 Å². The summed E-state index contributed by atoms with van der Waals surface area (Å²) in [6.45, 7) is 0. The van der Waals surface area contributed by atoms with E-state index in [9.17, 15) is 5.11 Å². The van der Waals surface area contributed by atoms with Gasteiger partial charge in [0.1, 0.15) is 5.75 Å². The maximum Gasteiger partial charge on any atom is 0.124 e. The van der Waals surface area contributed by atoms with Crippen molar-refractivity contribution in [2.75, 3.05) is 0 Å². The highest BCUT2D eigenvalue weighted by atomic mass is 16.3. The molecular formula is C26H18O. The molecule has 0 aliphatic carbocycles. The fraction of sp³-hybridized carbons (Fsp3) is 0. The molecule has 0 aliphatic rings. The number of benzene rings is 5. The van der Waals surface area contributed by atoms with Crippen molar-refractivity contribution >= 4 is 21.5 Å². The molecule has 0 amide bonds. The molecule has 5 aromatic carbocycles. The Kier molecular flexibility index (Phi) is 3.65. The van der Waals surface area contributed by atoms with Crippen molar-refractivity contribution in [3.63, 3.8) is 0 Å². The number of phenolic OH excluding ortho intramolecular Hbond substituents is 1. The van der Waals surface area contributed by atoms with Crippen LogP contribution in [0.1, 0.15) is 0 Å². The summed E-state index contributed by atoms with van der Waals surface area (Å²) < 4.78 is 0. The number of aromatic hydroxyl groups is 1. The third-order valence-corrected chi connectivity index (χ3v) is 5.15. The Morgan fingerprint density at radius 3 is 1.89 bits per heavy atom. The van der Waals surface area contributed by atoms with E-state index in [2.05, 4.69) is 66.7 Å². The van der Waals surface area contributed by atoms with Crippen molar-refractivity contribution in [3.8, 4) is 28.0 Å². The van der Waals surface area contributed by atoms with E-state index in [0.717, 1.165) is 38.4 Å². The number of hydrogen-bond donors (Lipinski definition) is 1. The Morgan fingerprint density at radius 1 is 0.519 bits per heavy atom. The Bertz CT molecular complexity index is 1260. The molecule has 0 spiro atoms. The highest BCUT2D eigenvalue weighted by molar-refractivity contribution is 6.19. The van der Waals surface area contributed by atoms with Gasteiger partial charge in [0.15, 0.2) is 0 Å². The second-order valence-corrected chi connectivity index (χ2v) is 6.76. The standard InChI is InChI=1S/C26H18O/c27-24-17-23(18-9-3-1-4-10-18)25(20-12-5-2-6-13-20)26-21-14-8-7-11-19(21)15-16-22(24)26/h1-17,27H. The zero-order valence-corrected chi connectivity index (χ0v) is 14.8. The monoisotopic (exact) mass is 346 g/mol. The van der Waals surface area contributed by atoms with Crippen LogP contribution in [0.4, 0.5) is 0 Å². The van der Waals surface area contributed by atoms with Crippen LogP contribution in [0.15, 0.2) is 103 Å². The lowest BCUT2D eigenvalue weighted by atomic mass is 9.87. The molecule has 0 fully saturated rings. The van der Waals surface area contributed by atoms with Gasteiger partial charge in [-0.25, -0.2) is 0 Å². The Morgan fingerprint density at radius 2 is 1.15 bits per heavy atom. The lowest BCUT2D eigenvalue weighted by Gasteiger charge is -2.17. The molecule has 0 saturated heterocycles. The van der Waals surface area contributed by atoms with Gasteiger partial charge in [-0.2, -0.15) is 0 Å². The van der Waals surface area contributed by atoms with Crippen LogP contribution in [0.5, 0.6) is 5.75 Å². The van der Waals surface area contributed by atoms with Crippen LogP contribution in [0.3, 0.4) is 0 Å². The Hall–Kier alpha value is -3.58. The highest BCUT2D eigenvalue weighted by Gasteiger charge is 2.17. The molecule has 0 atom stereocenters. The van der Waals surface area contributed by atoms with E-state index in [1.54, 1.807) is 0 Å². The van der Waals surface area contributed by atoms with Gasteiger partial charge >= 0.3 is 0 Å². The van der Waals surface area contributed by atoms with Gasteiger partial charge in [0.25, 0.3) is 0 Å². The van der Waals surface area contributed by atoms with Crippen molar-refractivity contribution < 1.29 is 5.11 Å². The summed E-state index contributed by atoms with van der Waals surface area (Å²) in [6.07, 6.45) is 0. The predicted octanol–water partition coefficient (Wildman–Crippen LogP) is 7.03. The first-order chi connectivity index (χ1) is 13.3. The fourth-order valence-corrected chi connectivity index (χ4v) is 3.93. The van der Waals surface area contributed by atoms with Crippen LogP contribution in [0.2, 0.25) is 0 Å². The van der Waals surface area contributed by atoms with E-state index < -0.39 is 0 Å². The first-order valence-electron chi connectivity index (χ1n) is 9.11. The zero-order valence-electron chi connectivity index (χ0n) is 14.8. The van der Waals surface area contributed by atoms with Gasteiger partial charge in [0, 0.05) is 10.8 Å². The summed E-state index contributed by atoms with van der Waals surface area (Å²) in [5, 5.41) is 15.1. The molecule has 1 heteroatoms. The Balaban J connectivity index is 2.03. The first kappa shape index (κ1) is 15.7. The SMILES string of the molecule is Oc1cc(-c2ccccc2)c(-c2ccccc2)c2c1ccc1ccccc12. The predicted molar refractivity (Wildman–Crippen MR) is 114 cm³/mol. The molecule has 128 valence electrons. The van der Waals surface area contributed by atoms with Crippen molar-refractivity contribution in [2.45, 2.75) is 0 Å². The number of fused-ring (bicyclic) bond motifs is 3. The molecule has 0 radical (unpaired) electrons. The Labute approximate surface area is 158 Å². The zero-order chi connectivity index (χ0) is 18.2. The lowest BCUT2D eigenvalue weighted by molar-refractivity contribution is 0.482. The largest absolute Gasteiger partial charge is 0.507 e. The molecule has 1 N–H and O–H groups in total. The smallest absolute Gasteiger partial charge is 0.124 e. The number of rotatable bonds is 2. The first-order valence-corrected chi connectivity index (χ1v) is 9.11. The molecule has 0 unspecified atom stereocenters. The molecule has 27 heavy (non-hydrogen) atoms. The molecule has 0 aliphatic heterocycles. The van der Waals surface area contributed by atoms with Crippen LogP contribution >= 0.6 is 0 Å². The van der Waals surface area contributed by atoms with Crippen LogP contribution in [0.25, 0.3) is 43.8 Å². The van der Waals surface area contributed by atoms with E-state index in [4.69, 9.17) is 0 Å². The molecule has 0 saturated carbocycles. The van der Waals surface area contributed by atoms with E-state index >= 15 is 0 Å².